The van der Waals surface area contributed by atoms with Crippen molar-refractivity contribution in [1.82, 2.24) is 0 Å². The minimum atomic E-state index is -0.395. The van der Waals surface area contributed by atoms with Gasteiger partial charge in [-0.25, -0.2) is 4.39 Å². The molecule has 0 heterocycles. The van der Waals surface area contributed by atoms with Crippen molar-refractivity contribution in [3.05, 3.63) is 35.1 Å². The lowest BCUT2D eigenvalue weighted by Gasteiger charge is -2.13. The number of thioether (sulfide) groups is 1. The lowest BCUT2D eigenvalue weighted by Crippen LogP contribution is -2.15. The van der Waals surface area contributed by atoms with Gasteiger partial charge in [0.05, 0.1) is 6.10 Å². The number of aliphatic hydroxyl groups is 1. The van der Waals surface area contributed by atoms with Gasteiger partial charge in [-0.05, 0) is 41.9 Å². The summed E-state index contributed by atoms with van der Waals surface area (Å²) in [7, 11) is 0. The van der Waals surface area contributed by atoms with E-state index in [0.717, 1.165) is 11.1 Å². The summed E-state index contributed by atoms with van der Waals surface area (Å²) in [6.07, 6.45) is 0.136. The molecular weight excluding hydrogens is 223 g/mol. The van der Waals surface area contributed by atoms with Crippen molar-refractivity contribution in [3.63, 3.8) is 0 Å². The van der Waals surface area contributed by atoms with E-state index in [1.807, 2.05) is 6.92 Å². The maximum atomic E-state index is 13.0. The van der Waals surface area contributed by atoms with Crippen molar-refractivity contribution >= 4 is 11.8 Å². The Bertz CT molecular complexity index is 339. The molecule has 0 saturated carbocycles. The summed E-state index contributed by atoms with van der Waals surface area (Å²) in [6.45, 7) is 6.15. The summed E-state index contributed by atoms with van der Waals surface area (Å²) < 4.78 is 13.0. The van der Waals surface area contributed by atoms with Gasteiger partial charge in [0.1, 0.15) is 5.82 Å². The van der Waals surface area contributed by atoms with Crippen LogP contribution < -0.4 is 0 Å². The third kappa shape index (κ3) is 4.54. The zero-order valence-corrected chi connectivity index (χ0v) is 10.9. The molecule has 3 heteroatoms. The number of halogens is 1. The maximum absolute atomic E-state index is 13.0. The molecule has 90 valence electrons. The highest BCUT2D eigenvalue weighted by Crippen LogP contribution is 2.16. The van der Waals surface area contributed by atoms with E-state index < -0.39 is 6.10 Å². The van der Waals surface area contributed by atoms with E-state index in [9.17, 15) is 9.50 Å². The van der Waals surface area contributed by atoms with E-state index in [4.69, 9.17) is 0 Å². The summed E-state index contributed by atoms with van der Waals surface area (Å²) in [5.41, 5.74) is 1.94. The van der Waals surface area contributed by atoms with Crippen LogP contribution in [0.2, 0.25) is 0 Å². The van der Waals surface area contributed by atoms with Crippen molar-refractivity contribution in [2.75, 3.05) is 5.75 Å². The fourth-order valence-electron chi connectivity index (χ4n) is 1.48. The van der Waals surface area contributed by atoms with Gasteiger partial charge in [0.25, 0.3) is 0 Å². The molecule has 1 aromatic carbocycles. The van der Waals surface area contributed by atoms with E-state index in [2.05, 4.69) is 13.8 Å². The standard InChI is InChI=1S/C13H19FOS/c1-9(2)16-8-13(15)7-11-6-12(14)5-4-10(11)3/h4-6,9,13,15H,7-8H2,1-3H3. The first kappa shape index (κ1) is 13.5. The van der Waals surface area contributed by atoms with Crippen LogP contribution in [0.15, 0.2) is 18.2 Å². The van der Waals surface area contributed by atoms with Crippen LogP contribution in [-0.4, -0.2) is 22.2 Å². The molecule has 0 bridgehead atoms. The number of aliphatic hydroxyl groups excluding tert-OH is 1. The molecule has 0 aliphatic heterocycles. The predicted octanol–water partition coefficient (Wildman–Crippen LogP) is 3.18. The molecule has 16 heavy (non-hydrogen) atoms. The molecule has 1 rings (SSSR count). The van der Waals surface area contributed by atoms with Gasteiger partial charge in [-0.1, -0.05) is 19.9 Å². The normalized spacial score (nSPS) is 13.1. The molecule has 0 fully saturated rings. The number of rotatable bonds is 5. The van der Waals surface area contributed by atoms with Gasteiger partial charge in [-0.2, -0.15) is 11.8 Å². The minimum absolute atomic E-state index is 0.232. The molecule has 0 amide bonds. The fraction of sp³-hybridized carbons (Fsp3) is 0.538. The zero-order valence-electron chi connectivity index (χ0n) is 10.0. The second-order valence-electron chi connectivity index (χ2n) is 4.31. The smallest absolute Gasteiger partial charge is 0.123 e. The van der Waals surface area contributed by atoms with Crippen LogP contribution >= 0.6 is 11.8 Å². The van der Waals surface area contributed by atoms with E-state index >= 15 is 0 Å². The first-order valence-electron chi connectivity index (χ1n) is 5.53. The molecule has 0 aliphatic rings. The van der Waals surface area contributed by atoms with Crippen LogP contribution in [0.3, 0.4) is 0 Å². The minimum Gasteiger partial charge on any atom is -0.392 e. The average Bonchev–Trinajstić information content (AvgIpc) is 2.20. The highest BCUT2D eigenvalue weighted by molar-refractivity contribution is 7.99. The Morgan fingerprint density at radius 2 is 2.06 bits per heavy atom. The Balaban J connectivity index is 2.55. The lowest BCUT2D eigenvalue weighted by atomic mass is 10.0. The summed E-state index contributed by atoms with van der Waals surface area (Å²) in [5.74, 6) is 0.470. The Morgan fingerprint density at radius 1 is 1.38 bits per heavy atom. The molecule has 1 nitrogen and oxygen atoms in total. The van der Waals surface area contributed by atoms with Gasteiger partial charge in [-0.3, -0.25) is 0 Å². The molecule has 1 aromatic rings. The van der Waals surface area contributed by atoms with Crippen LogP contribution in [0, 0.1) is 12.7 Å². The van der Waals surface area contributed by atoms with Crippen molar-refractivity contribution in [3.8, 4) is 0 Å². The number of hydrogen-bond donors (Lipinski definition) is 1. The molecule has 1 unspecified atom stereocenters. The molecule has 0 saturated heterocycles. The maximum Gasteiger partial charge on any atom is 0.123 e. The van der Waals surface area contributed by atoms with Gasteiger partial charge in [0.15, 0.2) is 0 Å². The zero-order chi connectivity index (χ0) is 12.1. The third-order valence-corrected chi connectivity index (χ3v) is 3.63. The van der Waals surface area contributed by atoms with Crippen LogP contribution in [0.25, 0.3) is 0 Å². The molecule has 1 N–H and O–H groups in total. The number of aryl methyl sites for hydroxylation is 1. The van der Waals surface area contributed by atoms with Gasteiger partial charge in [0, 0.05) is 5.75 Å². The topological polar surface area (TPSA) is 20.2 Å². The summed E-state index contributed by atoms with van der Waals surface area (Å²) in [4.78, 5) is 0. The fourth-order valence-corrected chi connectivity index (χ4v) is 2.20. The average molecular weight is 242 g/mol. The van der Waals surface area contributed by atoms with Crippen LogP contribution in [-0.2, 0) is 6.42 Å². The Labute approximate surface area is 101 Å². The summed E-state index contributed by atoms with van der Waals surface area (Å²) in [5, 5.41) is 10.3. The SMILES string of the molecule is Cc1ccc(F)cc1CC(O)CSC(C)C. The quantitative estimate of drug-likeness (QED) is 0.855. The van der Waals surface area contributed by atoms with Gasteiger partial charge < -0.3 is 5.11 Å². The molecular formula is C13H19FOS. The molecule has 0 aliphatic carbocycles. The van der Waals surface area contributed by atoms with E-state index in [-0.39, 0.29) is 5.82 Å². The Morgan fingerprint density at radius 3 is 2.69 bits per heavy atom. The Hall–Kier alpha value is -0.540. The van der Waals surface area contributed by atoms with Gasteiger partial charge >= 0.3 is 0 Å². The van der Waals surface area contributed by atoms with Crippen molar-refractivity contribution in [2.24, 2.45) is 0 Å². The first-order chi connectivity index (χ1) is 7.49. The van der Waals surface area contributed by atoms with E-state index in [1.165, 1.54) is 12.1 Å². The number of benzene rings is 1. The third-order valence-electron chi connectivity index (χ3n) is 2.39. The lowest BCUT2D eigenvalue weighted by molar-refractivity contribution is 0.199. The van der Waals surface area contributed by atoms with Crippen LogP contribution in [0.1, 0.15) is 25.0 Å². The van der Waals surface area contributed by atoms with Crippen molar-refractivity contribution in [2.45, 2.75) is 38.5 Å². The first-order valence-corrected chi connectivity index (χ1v) is 6.58. The second kappa shape index (κ2) is 6.26. The van der Waals surface area contributed by atoms with Gasteiger partial charge in [0.2, 0.25) is 0 Å². The second-order valence-corrected chi connectivity index (χ2v) is 5.92. The van der Waals surface area contributed by atoms with E-state index in [0.29, 0.717) is 17.4 Å². The summed E-state index contributed by atoms with van der Waals surface area (Å²) >= 11 is 1.72. The molecule has 0 spiro atoms. The van der Waals surface area contributed by atoms with E-state index in [1.54, 1.807) is 17.8 Å². The summed E-state index contributed by atoms with van der Waals surface area (Å²) in [6, 6.07) is 4.72. The number of hydrogen-bond acceptors (Lipinski definition) is 2. The van der Waals surface area contributed by atoms with Crippen molar-refractivity contribution < 1.29 is 9.50 Å². The highest BCUT2D eigenvalue weighted by atomic mass is 32.2. The molecule has 0 aromatic heterocycles. The molecule has 0 radical (unpaired) electrons. The molecule has 1 atom stereocenters. The Kier molecular flexibility index (Phi) is 5.29. The highest BCUT2D eigenvalue weighted by Gasteiger charge is 2.09. The van der Waals surface area contributed by atoms with Crippen molar-refractivity contribution in [1.29, 1.82) is 0 Å². The largest absolute Gasteiger partial charge is 0.392 e. The van der Waals surface area contributed by atoms with Gasteiger partial charge in [-0.15, -0.1) is 0 Å². The van der Waals surface area contributed by atoms with Crippen LogP contribution in [0.4, 0.5) is 4.39 Å². The predicted molar refractivity (Wildman–Crippen MR) is 68.4 cm³/mol. The van der Waals surface area contributed by atoms with Crippen LogP contribution in [0.5, 0.6) is 0 Å². The monoisotopic (exact) mass is 242 g/mol.